The van der Waals surface area contributed by atoms with Crippen LogP contribution in [0.2, 0.25) is 0 Å². The lowest BCUT2D eigenvalue weighted by Crippen LogP contribution is -2.38. The third-order valence-electron chi connectivity index (χ3n) is 5.13. The number of hydrogen-bond donors (Lipinski definition) is 2. The molecule has 1 aliphatic carbocycles. The number of H-pyrrole nitrogens is 1. The first-order valence-electron chi connectivity index (χ1n) is 9.46. The molecule has 2 aromatic rings. The van der Waals surface area contributed by atoms with Crippen molar-refractivity contribution in [3.63, 3.8) is 0 Å². The third kappa shape index (κ3) is 3.40. The van der Waals surface area contributed by atoms with E-state index in [9.17, 15) is 4.39 Å². The Balaban J connectivity index is 1.75. The molecule has 0 fully saturated rings. The highest BCUT2D eigenvalue weighted by molar-refractivity contribution is 6.04. The Hall–Kier alpha value is -3.09. The second-order valence-corrected chi connectivity index (χ2v) is 7.13. The fourth-order valence-electron chi connectivity index (χ4n) is 3.80. The summed E-state index contributed by atoms with van der Waals surface area (Å²) in [5.41, 5.74) is 5.08. The van der Waals surface area contributed by atoms with Crippen LogP contribution in [0.3, 0.4) is 0 Å². The van der Waals surface area contributed by atoms with Gasteiger partial charge in [-0.05, 0) is 50.8 Å². The second-order valence-electron chi connectivity index (χ2n) is 7.13. The highest BCUT2D eigenvalue weighted by Crippen LogP contribution is 2.31. The number of halogens is 1. The van der Waals surface area contributed by atoms with Crippen molar-refractivity contribution in [2.75, 3.05) is 6.54 Å². The first kappa shape index (κ1) is 18.3. The highest BCUT2D eigenvalue weighted by Gasteiger charge is 2.27. The molecule has 0 amide bonds. The molecule has 2 aliphatic rings. The number of pyridine rings is 1. The molecule has 2 N–H and O–H groups in total. The van der Waals surface area contributed by atoms with Crippen LogP contribution < -0.4 is 0 Å². The van der Waals surface area contributed by atoms with Crippen molar-refractivity contribution in [3.8, 4) is 0 Å². The molecule has 144 valence electrons. The molecule has 7 heteroatoms. The number of aryl methyl sites for hydroxylation is 2. The van der Waals surface area contributed by atoms with Crippen LogP contribution in [-0.4, -0.2) is 38.6 Å². The molecule has 0 atom stereocenters. The van der Waals surface area contributed by atoms with Gasteiger partial charge in [0.1, 0.15) is 23.7 Å². The number of nitrogens with zero attached hydrogens (tertiary/aromatic N) is 4. The number of imidazole rings is 1. The zero-order chi connectivity index (χ0) is 19.7. The van der Waals surface area contributed by atoms with Crippen molar-refractivity contribution in [2.45, 2.75) is 39.7 Å². The van der Waals surface area contributed by atoms with E-state index in [1.165, 1.54) is 11.6 Å². The van der Waals surface area contributed by atoms with E-state index in [-0.39, 0.29) is 5.83 Å². The van der Waals surface area contributed by atoms with Crippen molar-refractivity contribution in [1.82, 2.24) is 19.9 Å². The van der Waals surface area contributed by atoms with Gasteiger partial charge in [-0.1, -0.05) is 12.1 Å². The van der Waals surface area contributed by atoms with E-state index in [0.29, 0.717) is 41.6 Å². The number of aliphatic imine (C=N–C) groups is 1. The molecular formula is C21H23FN6. The smallest absolute Gasteiger partial charge is 0.156 e. The molecule has 0 saturated carbocycles. The van der Waals surface area contributed by atoms with Crippen molar-refractivity contribution < 1.29 is 4.39 Å². The van der Waals surface area contributed by atoms with Gasteiger partial charge in [-0.3, -0.25) is 10.4 Å². The van der Waals surface area contributed by atoms with Crippen LogP contribution in [0.15, 0.2) is 35.1 Å². The largest absolute Gasteiger partial charge is 0.349 e. The summed E-state index contributed by atoms with van der Waals surface area (Å²) in [5.74, 6) is 1.05. The van der Waals surface area contributed by atoms with Crippen LogP contribution in [0, 0.1) is 19.3 Å². The summed E-state index contributed by atoms with van der Waals surface area (Å²) in [6.07, 6.45) is 6.60. The SMILES string of the molecule is Cc1ccc2c(n1)CN(C(=NC=N)c1[nH]c(C)nc1C1=C(F)C=CCC1)CC2. The Kier molecular flexibility index (Phi) is 4.90. The van der Waals surface area contributed by atoms with Crippen molar-refractivity contribution in [1.29, 1.82) is 5.41 Å². The first-order chi connectivity index (χ1) is 13.6. The Morgan fingerprint density at radius 3 is 2.93 bits per heavy atom. The summed E-state index contributed by atoms with van der Waals surface area (Å²) < 4.78 is 14.5. The highest BCUT2D eigenvalue weighted by atomic mass is 19.1. The molecule has 0 spiro atoms. The maximum atomic E-state index is 14.5. The Morgan fingerprint density at radius 2 is 2.14 bits per heavy atom. The van der Waals surface area contributed by atoms with Crippen LogP contribution in [0.5, 0.6) is 0 Å². The van der Waals surface area contributed by atoms with E-state index in [2.05, 4.69) is 30.9 Å². The molecule has 3 heterocycles. The predicted octanol–water partition coefficient (Wildman–Crippen LogP) is 3.86. The molecule has 6 nitrogen and oxygen atoms in total. The molecule has 0 bridgehead atoms. The number of aromatic nitrogens is 3. The fourth-order valence-corrected chi connectivity index (χ4v) is 3.80. The van der Waals surface area contributed by atoms with E-state index in [1.807, 2.05) is 26.0 Å². The summed E-state index contributed by atoms with van der Waals surface area (Å²) in [5, 5.41) is 7.56. The maximum absolute atomic E-state index is 14.5. The lowest BCUT2D eigenvalue weighted by atomic mass is 9.98. The third-order valence-corrected chi connectivity index (χ3v) is 5.13. The monoisotopic (exact) mass is 378 g/mol. The molecule has 2 aromatic heterocycles. The van der Waals surface area contributed by atoms with Gasteiger partial charge in [-0.25, -0.2) is 14.4 Å². The van der Waals surface area contributed by atoms with E-state index < -0.39 is 0 Å². The number of nitrogens with one attached hydrogen (secondary N) is 2. The van der Waals surface area contributed by atoms with E-state index in [0.717, 1.165) is 37.1 Å². The Morgan fingerprint density at radius 1 is 1.29 bits per heavy atom. The lowest BCUT2D eigenvalue weighted by molar-refractivity contribution is 0.386. The molecule has 0 unspecified atom stereocenters. The van der Waals surface area contributed by atoms with Gasteiger partial charge in [0.25, 0.3) is 0 Å². The minimum absolute atomic E-state index is 0.255. The summed E-state index contributed by atoms with van der Waals surface area (Å²) in [6, 6.07) is 4.16. The summed E-state index contributed by atoms with van der Waals surface area (Å²) in [6.45, 7) is 5.18. The van der Waals surface area contributed by atoms with Crippen LogP contribution in [-0.2, 0) is 13.0 Å². The first-order valence-corrected chi connectivity index (χ1v) is 9.46. The Labute approximate surface area is 163 Å². The van der Waals surface area contributed by atoms with Crippen LogP contribution in [0.1, 0.15) is 47.0 Å². The van der Waals surface area contributed by atoms with Crippen LogP contribution >= 0.6 is 0 Å². The topological polar surface area (TPSA) is 81.0 Å². The van der Waals surface area contributed by atoms with Crippen molar-refractivity contribution in [2.24, 2.45) is 4.99 Å². The predicted molar refractivity (Wildman–Crippen MR) is 108 cm³/mol. The van der Waals surface area contributed by atoms with Crippen molar-refractivity contribution >= 4 is 17.7 Å². The number of fused-ring (bicyclic) bond motifs is 1. The fraction of sp³-hybridized carbons (Fsp3) is 0.333. The summed E-state index contributed by atoms with van der Waals surface area (Å²) in [7, 11) is 0. The number of allylic oxidation sites excluding steroid dienone is 4. The summed E-state index contributed by atoms with van der Waals surface area (Å²) in [4.78, 5) is 18.9. The van der Waals surface area contributed by atoms with Gasteiger partial charge in [0, 0.05) is 17.8 Å². The Bertz CT molecular complexity index is 1010. The number of aromatic amines is 1. The molecule has 0 aromatic carbocycles. The zero-order valence-corrected chi connectivity index (χ0v) is 16.1. The zero-order valence-electron chi connectivity index (χ0n) is 16.1. The molecular weight excluding hydrogens is 355 g/mol. The quantitative estimate of drug-likeness (QED) is 0.628. The molecule has 0 saturated heterocycles. The molecule has 0 radical (unpaired) electrons. The minimum atomic E-state index is -0.255. The number of hydrogen-bond acceptors (Lipinski definition) is 3. The lowest BCUT2D eigenvalue weighted by Gasteiger charge is -2.30. The van der Waals surface area contributed by atoms with Gasteiger partial charge in [-0.2, -0.15) is 0 Å². The van der Waals surface area contributed by atoms with Gasteiger partial charge in [0.2, 0.25) is 0 Å². The van der Waals surface area contributed by atoms with Gasteiger partial charge in [-0.15, -0.1) is 0 Å². The van der Waals surface area contributed by atoms with Gasteiger partial charge in [0.05, 0.1) is 17.9 Å². The number of rotatable bonds is 3. The molecule has 4 rings (SSSR count). The van der Waals surface area contributed by atoms with Gasteiger partial charge >= 0.3 is 0 Å². The van der Waals surface area contributed by atoms with E-state index in [4.69, 9.17) is 5.41 Å². The van der Waals surface area contributed by atoms with Crippen LogP contribution in [0.25, 0.3) is 5.57 Å². The van der Waals surface area contributed by atoms with Crippen LogP contribution in [0.4, 0.5) is 4.39 Å². The average Bonchev–Trinajstić information content (AvgIpc) is 3.07. The summed E-state index contributed by atoms with van der Waals surface area (Å²) >= 11 is 0. The maximum Gasteiger partial charge on any atom is 0.156 e. The standard InChI is InChI=1S/C21H23FN6/c1-13-7-8-15-9-10-28(11-18(15)25-13)21(24-12-23)20-19(26-14(2)27-20)16-5-3-4-6-17(16)22/h4,6-8,12,23H,3,5,9-11H2,1-2H3,(H,26,27). The average molecular weight is 378 g/mol. The van der Waals surface area contributed by atoms with Gasteiger partial charge in [0.15, 0.2) is 5.84 Å². The molecule has 28 heavy (non-hydrogen) atoms. The van der Waals surface area contributed by atoms with Crippen molar-refractivity contribution in [3.05, 3.63) is 64.3 Å². The van der Waals surface area contributed by atoms with E-state index >= 15 is 0 Å². The van der Waals surface area contributed by atoms with Gasteiger partial charge < -0.3 is 9.88 Å². The number of amidine groups is 1. The molecule has 1 aliphatic heterocycles. The minimum Gasteiger partial charge on any atom is -0.349 e. The normalized spacial score (nSPS) is 17.1. The second kappa shape index (κ2) is 7.50. The van der Waals surface area contributed by atoms with E-state index in [1.54, 1.807) is 0 Å².